The van der Waals surface area contributed by atoms with Crippen molar-refractivity contribution in [1.29, 1.82) is 0 Å². The predicted octanol–water partition coefficient (Wildman–Crippen LogP) is 3.39. The number of piperidine rings is 1. The molecule has 142 valence electrons. The molecule has 0 aromatic heterocycles. The van der Waals surface area contributed by atoms with Gasteiger partial charge in [0.05, 0.1) is 7.11 Å². The molecule has 2 N–H and O–H groups in total. The topological polar surface area (TPSA) is 70.7 Å². The summed E-state index contributed by atoms with van der Waals surface area (Å²) in [5.74, 6) is 0.749. The van der Waals surface area contributed by atoms with Crippen LogP contribution in [0.1, 0.15) is 44.9 Å². The molecule has 26 heavy (non-hydrogen) atoms. The lowest BCUT2D eigenvalue weighted by atomic mass is 9.95. The summed E-state index contributed by atoms with van der Waals surface area (Å²) in [6.07, 6.45) is 7.29. The molecule has 3 rings (SSSR count). The van der Waals surface area contributed by atoms with Crippen LogP contribution in [0.5, 0.6) is 5.75 Å². The Balaban J connectivity index is 1.43. The molecule has 2 aliphatic rings. The van der Waals surface area contributed by atoms with Crippen LogP contribution in [0.2, 0.25) is 0 Å². The number of rotatable bonds is 4. The van der Waals surface area contributed by atoms with Crippen molar-refractivity contribution in [2.75, 3.05) is 25.5 Å². The van der Waals surface area contributed by atoms with Gasteiger partial charge in [0, 0.05) is 30.7 Å². The number of anilines is 1. The number of methoxy groups -OCH3 is 1. The lowest BCUT2D eigenvalue weighted by molar-refractivity contribution is -0.121. The van der Waals surface area contributed by atoms with Gasteiger partial charge in [-0.1, -0.05) is 19.3 Å². The predicted molar refractivity (Wildman–Crippen MR) is 101 cm³/mol. The first-order valence-electron chi connectivity index (χ1n) is 9.66. The maximum Gasteiger partial charge on any atom is 0.317 e. The van der Waals surface area contributed by atoms with Gasteiger partial charge in [-0.15, -0.1) is 0 Å². The fourth-order valence-electron chi connectivity index (χ4n) is 3.78. The van der Waals surface area contributed by atoms with E-state index in [0.29, 0.717) is 32.0 Å². The molecule has 1 heterocycles. The number of urea groups is 1. The van der Waals surface area contributed by atoms with E-state index in [4.69, 9.17) is 4.74 Å². The Morgan fingerprint density at radius 2 is 1.65 bits per heavy atom. The van der Waals surface area contributed by atoms with E-state index < -0.39 is 0 Å². The Bertz CT molecular complexity index is 603. The molecule has 1 aliphatic heterocycles. The Labute approximate surface area is 155 Å². The number of hydrogen-bond acceptors (Lipinski definition) is 3. The first-order valence-corrected chi connectivity index (χ1v) is 9.66. The van der Waals surface area contributed by atoms with Gasteiger partial charge in [-0.3, -0.25) is 4.79 Å². The van der Waals surface area contributed by atoms with Crippen molar-refractivity contribution in [2.45, 2.75) is 51.0 Å². The van der Waals surface area contributed by atoms with Crippen LogP contribution in [0.4, 0.5) is 10.5 Å². The summed E-state index contributed by atoms with van der Waals surface area (Å²) >= 11 is 0. The van der Waals surface area contributed by atoms with Gasteiger partial charge >= 0.3 is 6.03 Å². The third kappa shape index (κ3) is 4.90. The molecule has 2 fully saturated rings. The van der Waals surface area contributed by atoms with Crippen molar-refractivity contribution in [3.8, 4) is 5.75 Å². The fraction of sp³-hybridized carbons (Fsp3) is 0.600. The molecule has 0 radical (unpaired) electrons. The average molecular weight is 359 g/mol. The number of ether oxygens (including phenoxy) is 1. The molecule has 6 nitrogen and oxygen atoms in total. The van der Waals surface area contributed by atoms with Crippen LogP contribution >= 0.6 is 0 Å². The van der Waals surface area contributed by atoms with Gasteiger partial charge in [0.1, 0.15) is 5.75 Å². The Morgan fingerprint density at radius 3 is 2.27 bits per heavy atom. The quantitative estimate of drug-likeness (QED) is 0.866. The third-order valence-electron chi connectivity index (χ3n) is 5.44. The van der Waals surface area contributed by atoms with Crippen LogP contribution in [0, 0.1) is 5.92 Å². The van der Waals surface area contributed by atoms with E-state index in [2.05, 4.69) is 10.6 Å². The van der Waals surface area contributed by atoms with Gasteiger partial charge < -0.3 is 20.3 Å². The second-order valence-corrected chi connectivity index (χ2v) is 7.26. The Kier molecular flexibility index (Phi) is 6.36. The van der Waals surface area contributed by atoms with Crippen LogP contribution in [-0.2, 0) is 4.79 Å². The van der Waals surface area contributed by atoms with Crippen molar-refractivity contribution in [3.05, 3.63) is 24.3 Å². The Morgan fingerprint density at radius 1 is 1.00 bits per heavy atom. The monoisotopic (exact) mass is 359 g/mol. The number of likely N-dealkylation sites (tertiary alicyclic amines) is 1. The number of hydrogen-bond donors (Lipinski definition) is 2. The summed E-state index contributed by atoms with van der Waals surface area (Å²) in [5.41, 5.74) is 0.772. The maximum atomic E-state index is 12.5. The largest absolute Gasteiger partial charge is 0.497 e. The van der Waals surface area contributed by atoms with E-state index in [1.165, 1.54) is 19.3 Å². The summed E-state index contributed by atoms with van der Waals surface area (Å²) in [5, 5.41) is 6.12. The Hall–Kier alpha value is -2.24. The van der Waals surface area contributed by atoms with Gasteiger partial charge in [0.15, 0.2) is 0 Å². The van der Waals surface area contributed by atoms with Crippen molar-refractivity contribution in [3.63, 3.8) is 0 Å². The highest BCUT2D eigenvalue weighted by Gasteiger charge is 2.28. The van der Waals surface area contributed by atoms with Crippen molar-refractivity contribution in [2.24, 2.45) is 5.92 Å². The zero-order chi connectivity index (χ0) is 18.4. The molecule has 1 aliphatic carbocycles. The van der Waals surface area contributed by atoms with E-state index in [1.807, 2.05) is 29.2 Å². The first kappa shape index (κ1) is 18.5. The number of benzene rings is 1. The number of carbonyl (C=O) groups excluding carboxylic acids is 2. The van der Waals surface area contributed by atoms with Crippen molar-refractivity contribution < 1.29 is 14.3 Å². The average Bonchev–Trinajstić information content (AvgIpc) is 2.69. The van der Waals surface area contributed by atoms with E-state index in [1.54, 1.807) is 7.11 Å². The summed E-state index contributed by atoms with van der Waals surface area (Å²) in [6.45, 7) is 1.28. The molecule has 0 unspecified atom stereocenters. The minimum atomic E-state index is -0.0455. The van der Waals surface area contributed by atoms with Crippen LogP contribution in [-0.4, -0.2) is 43.1 Å². The lowest BCUT2D eigenvalue weighted by Crippen LogP contribution is -2.49. The highest BCUT2D eigenvalue weighted by molar-refractivity contribution is 5.92. The molecular weight excluding hydrogens is 330 g/mol. The molecule has 1 aromatic rings. The SMILES string of the molecule is COc1ccc(NC(=O)C2CCN(C(=O)NC3CCCCC3)CC2)cc1. The van der Waals surface area contributed by atoms with Gasteiger partial charge in [-0.05, 0) is 49.9 Å². The first-order chi connectivity index (χ1) is 12.7. The molecule has 1 saturated carbocycles. The van der Waals surface area contributed by atoms with Gasteiger partial charge in [0.2, 0.25) is 5.91 Å². The molecule has 0 spiro atoms. The van der Waals surface area contributed by atoms with Gasteiger partial charge in [-0.2, -0.15) is 0 Å². The number of carbonyl (C=O) groups is 2. The second-order valence-electron chi connectivity index (χ2n) is 7.26. The van der Waals surface area contributed by atoms with Gasteiger partial charge in [-0.25, -0.2) is 4.79 Å². The summed E-state index contributed by atoms with van der Waals surface area (Å²) in [7, 11) is 1.62. The number of amides is 3. The second kappa shape index (κ2) is 8.92. The minimum absolute atomic E-state index is 0.0301. The van der Waals surface area contributed by atoms with E-state index in [-0.39, 0.29) is 17.9 Å². The maximum absolute atomic E-state index is 12.5. The lowest BCUT2D eigenvalue weighted by Gasteiger charge is -2.33. The molecule has 0 atom stereocenters. The highest BCUT2D eigenvalue weighted by Crippen LogP contribution is 2.22. The van der Waals surface area contributed by atoms with E-state index in [9.17, 15) is 9.59 Å². The zero-order valence-corrected chi connectivity index (χ0v) is 15.5. The molecule has 6 heteroatoms. The summed E-state index contributed by atoms with van der Waals surface area (Å²) < 4.78 is 5.12. The number of nitrogens with zero attached hydrogens (tertiary/aromatic N) is 1. The molecule has 3 amide bonds. The normalized spacial score (nSPS) is 19.0. The van der Waals surface area contributed by atoms with Crippen LogP contribution in [0.15, 0.2) is 24.3 Å². The molecule has 1 aromatic carbocycles. The van der Waals surface area contributed by atoms with E-state index in [0.717, 1.165) is 24.3 Å². The number of nitrogens with one attached hydrogen (secondary N) is 2. The standard InChI is InChI=1S/C20H29N3O3/c1-26-18-9-7-17(8-10-18)21-19(24)15-11-13-23(14-12-15)20(25)22-16-5-3-2-4-6-16/h7-10,15-16H,2-6,11-14H2,1H3,(H,21,24)(H,22,25). The minimum Gasteiger partial charge on any atom is -0.497 e. The zero-order valence-electron chi connectivity index (χ0n) is 15.5. The van der Waals surface area contributed by atoms with Crippen LogP contribution < -0.4 is 15.4 Å². The highest BCUT2D eigenvalue weighted by atomic mass is 16.5. The van der Waals surface area contributed by atoms with Crippen LogP contribution in [0.3, 0.4) is 0 Å². The van der Waals surface area contributed by atoms with E-state index >= 15 is 0 Å². The summed E-state index contributed by atoms with van der Waals surface area (Å²) in [4.78, 5) is 26.7. The molecule has 1 saturated heterocycles. The summed E-state index contributed by atoms with van der Waals surface area (Å²) in [6, 6.07) is 7.69. The van der Waals surface area contributed by atoms with Gasteiger partial charge in [0.25, 0.3) is 0 Å². The smallest absolute Gasteiger partial charge is 0.317 e. The molecule has 0 bridgehead atoms. The van der Waals surface area contributed by atoms with Crippen LogP contribution in [0.25, 0.3) is 0 Å². The van der Waals surface area contributed by atoms with Crippen molar-refractivity contribution >= 4 is 17.6 Å². The fourth-order valence-corrected chi connectivity index (χ4v) is 3.78. The third-order valence-corrected chi connectivity index (χ3v) is 5.44. The molecular formula is C20H29N3O3. The van der Waals surface area contributed by atoms with Crippen molar-refractivity contribution in [1.82, 2.24) is 10.2 Å².